The maximum absolute atomic E-state index is 3.86. The second kappa shape index (κ2) is 3.24. The van der Waals surface area contributed by atoms with Crippen LogP contribution in [0.3, 0.4) is 0 Å². The summed E-state index contributed by atoms with van der Waals surface area (Å²) in [6, 6.07) is 0. The van der Waals surface area contributed by atoms with Gasteiger partial charge in [0, 0.05) is 12.4 Å². The Morgan fingerprint density at radius 3 is 2.57 bits per heavy atom. The van der Waals surface area contributed by atoms with E-state index in [1.54, 1.807) is 12.4 Å². The van der Waals surface area contributed by atoms with Crippen molar-refractivity contribution in [2.75, 3.05) is 0 Å². The summed E-state index contributed by atoms with van der Waals surface area (Å²) in [6.45, 7) is 1.92. The molecule has 0 radical (unpaired) electrons. The Morgan fingerprint density at radius 2 is 2.43 bits per heavy atom. The van der Waals surface area contributed by atoms with E-state index >= 15 is 0 Å². The van der Waals surface area contributed by atoms with Crippen LogP contribution < -0.4 is 29.6 Å². The number of H-pyrrole nitrogens is 1. The van der Waals surface area contributed by atoms with Crippen LogP contribution in [0.15, 0.2) is 12.4 Å². The van der Waals surface area contributed by atoms with Crippen molar-refractivity contribution in [1.29, 1.82) is 0 Å². The van der Waals surface area contributed by atoms with Crippen LogP contribution in [-0.4, -0.2) is 9.97 Å². The fourth-order valence-electron chi connectivity index (χ4n) is 0.344. The molecule has 3 heteroatoms. The van der Waals surface area contributed by atoms with Gasteiger partial charge in [-0.1, -0.05) is 0 Å². The molecule has 0 aliphatic rings. The summed E-state index contributed by atoms with van der Waals surface area (Å²) in [6.07, 6.45) is 3.53. The van der Waals surface area contributed by atoms with Gasteiger partial charge in [-0.15, -0.1) is 0 Å². The maximum atomic E-state index is 3.86. The van der Waals surface area contributed by atoms with E-state index in [2.05, 4.69) is 9.97 Å². The number of nitrogens with zero attached hydrogens (tertiary/aromatic N) is 1. The molecule has 0 aliphatic carbocycles. The second-order valence-electron chi connectivity index (χ2n) is 1.17. The molecule has 0 aliphatic heterocycles. The SMILES string of the molecule is Cc1ncc[nH]1.[Na+]. The smallest absolute Gasteiger partial charge is 0.349 e. The van der Waals surface area contributed by atoms with Crippen molar-refractivity contribution in [1.82, 2.24) is 9.97 Å². The number of aromatic nitrogens is 2. The van der Waals surface area contributed by atoms with Crippen LogP contribution >= 0.6 is 0 Å². The number of aryl methyl sites for hydroxylation is 1. The third-order valence-corrected chi connectivity index (χ3v) is 0.635. The minimum atomic E-state index is 0. The van der Waals surface area contributed by atoms with E-state index in [0.29, 0.717) is 0 Å². The van der Waals surface area contributed by atoms with Crippen LogP contribution in [0.25, 0.3) is 0 Å². The van der Waals surface area contributed by atoms with Crippen molar-refractivity contribution in [3.05, 3.63) is 18.2 Å². The minimum absolute atomic E-state index is 0. The molecule has 0 fully saturated rings. The largest absolute Gasteiger partial charge is 1.00 e. The third-order valence-electron chi connectivity index (χ3n) is 0.635. The quantitative estimate of drug-likeness (QED) is 0.370. The van der Waals surface area contributed by atoms with Crippen molar-refractivity contribution >= 4 is 0 Å². The van der Waals surface area contributed by atoms with Gasteiger partial charge in [0.15, 0.2) is 0 Å². The molecule has 0 amide bonds. The van der Waals surface area contributed by atoms with Gasteiger partial charge in [0.2, 0.25) is 0 Å². The molecule has 1 aromatic rings. The maximum Gasteiger partial charge on any atom is 1.00 e. The molecule has 1 rings (SSSR count). The van der Waals surface area contributed by atoms with Gasteiger partial charge in [0.05, 0.1) is 0 Å². The van der Waals surface area contributed by atoms with Gasteiger partial charge in [-0.25, -0.2) is 4.98 Å². The summed E-state index contributed by atoms with van der Waals surface area (Å²) in [5, 5.41) is 0. The van der Waals surface area contributed by atoms with Crippen LogP contribution in [0, 0.1) is 6.92 Å². The standard InChI is InChI=1S/C4H6N2.Na/c1-4-5-2-3-6-4;/h2-3H,1H3,(H,5,6);/q;+1. The fourth-order valence-corrected chi connectivity index (χ4v) is 0.344. The minimum Gasteiger partial charge on any atom is -0.349 e. The molecule has 0 spiro atoms. The van der Waals surface area contributed by atoms with E-state index < -0.39 is 0 Å². The molecular formula is C4H6N2Na+. The van der Waals surface area contributed by atoms with Crippen LogP contribution in [0.2, 0.25) is 0 Å². The van der Waals surface area contributed by atoms with Crippen molar-refractivity contribution in [3.8, 4) is 0 Å². The molecule has 32 valence electrons. The van der Waals surface area contributed by atoms with Gasteiger partial charge in [0.25, 0.3) is 0 Å². The molecule has 1 N–H and O–H groups in total. The molecule has 1 aromatic heterocycles. The number of imidazole rings is 1. The molecule has 0 bridgehead atoms. The van der Waals surface area contributed by atoms with Gasteiger partial charge >= 0.3 is 29.6 Å². The average molecular weight is 105 g/mol. The van der Waals surface area contributed by atoms with Crippen molar-refractivity contribution in [3.63, 3.8) is 0 Å². The molecule has 0 unspecified atom stereocenters. The van der Waals surface area contributed by atoms with Crippen LogP contribution in [0.5, 0.6) is 0 Å². The number of rotatable bonds is 0. The van der Waals surface area contributed by atoms with Gasteiger partial charge in [0.1, 0.15) is 5.82 Å². The zero-order valence-corrected chi connectivity index (χ0v) is 6.60. The van der Waals surface area contributed by atoms with Gasteiger partial charge < -0.3 is 4.98 Å². The second-order valence-corrected chi connectivity index (χ2v) is 1.17. The Balaban J connectivity index is 0.000000360. The summed E-state index contributed by atoms with van der Waals surface area (Å²) < 4.78 is 0. The summed E-state index contributed by atoms with van der Waals surface area (Å²) >= 11 is 0. The zero-order chi connectivity index (χ0) is 4.41. The predicted octanol–water partition coefficient (Wildman–Crippen LogP) is -2.28. The molecule has 0 aromatic carbocycles. The monoisotopic (exact) mass is 105 g/mol. The average Bonchev–Trinajstić information content (AvgIpc) is 1.86. The van der Waals surface area contributed by atoms with E-state index in [0.717, 1.165) is 5.82 Å². The number of hydrogen-bond donors (Lipinski definition) is 1. The van der Waals surface area contributed by atoms with Crippen LogP contribution in [-0.2, 0) is 0 Å². The Morgan fingerprint density at radius 1 is 1.71 bits per heavy atom. The predicted molar refractivity (Wildman–Crippen MR) is 23.3 cm³/mol. The first-order chi connectivity index (χ1) is 2.89. The van der Waals surface area contributed by atoms with E-state index in [-0.39, 0.29) is 29.6 Å². The zero-order valence-electron chi connectivity index (χ0n) is 4.60. The number of aromatic amines is 1. The Bertz CT molecular complexity index is 113. The fraction of sp³-hybridized carbons (Fsp3) is 0.250. The molecule has 7 heavy (non-hydrogen) atoms. The van der Waals surface area contributed by atoms with Crippen molar-refractivity contribution in [2.24, 2.45) is 0 Å². The molecule has 1 heterocycles. The summed E-state index contributed by atoms with van der Waals surface area (Å²) in [4.78, 5) is 6.75. The molecule has 0 saturated heterocycles. The first-order valence-corrected chi connectivity index (χ1v) is 1.85. The number of hydrogen-bond acceptors (Lipinski definition) is 1. The van der Waals surface area contributed by atoms with Gasteiger partial charge in [-0.2, -0.15) is 0 Å². The number of nitrogens with one attached hydrogen (secondary N) is 1. The summed E-state index contributed by atoms with van der Waals surface area (Å²) in [7, 11) is 0. The van der Waals surface area contributed by atoms with Crippen molar-refractivity contribution < 1.29 is 29.6 Å². The summed E-state index contributed by atoms with van der Waals surface area (Å²) in [5.41, 5.74) is 0. The molecule has 2 nitrogen and oxygen atoms in total. The van der Waals surface area contributed by atoms with Crippen molar-refractivity contribution in [2.45, 2.75) is 6.92 Å². The van der Waals surface area contributed by atoms with Gasteiger partial charge in [-0.05, 0) is 6.92 Å². The Hall–Kier alpha value is 0.210. The first kappa shape index (κ1) is 7.21. The van der Waals surface area contributed by atoms with E-state index in [1.807, 2.05) is 6.92 Å². The van der Waals surface area contributed by atoms with Crippen LogP contribution in [0.1, 0.15) is 5.82 Å². The Kier molecular flexibility index (Phi) is 3.34. The van der Waals surface area contributed by atoms with E-state index in [4.69, 9.17) is 0 Å². The topological polar surface area (TPSA) is 28.7 Å². The third kappa shape index (κ3) is 2.12. The Labute approximate surface area is 64.6 Å². The molecular weight excluding hydrogens is 99.0 g/mol. The molecule has 0 saturated carbocycles. The van der Waals surface area contributed by atoms with Gasteiger partial charge in [-0.3, -0.25) is 0 Å². The molecule has 0 atom stereocenters. The van der Waals surface area contributed by atoms with E-state index in [9.17, 15) is 0 Å². The summed E-state index contributed by atoms with van der Waals surface area (Å²) in [5.74, 6) is 0.968. The normalized spacial score (nSPS) is 7.57. The first-order valence-electron chi connectivity index (χ1n) is 1.85. The van der Waals surface area contributed by atoms with E-state index in [1.165, 1.54) is 0 Å². The van der Waals surface area contributed by atoms with Crippen LogP contribution in [0.4, 0.5) is 0 Å².